The van der Waals surface area contributed by atoms with Crippen LogP contribution in [-0.2, 0) is 31.9 Å². The van der Waals surface area contributed by atoms with Crippen LogP contribution in [0.1, 0.15) is 97.3 Å². The van der Waals surface area contributed by atoms with E-state index in [1.54, 1.807) is 42.6 Å². The van der Waals surface area contributed by atoms with Gasteiger partial charge in [-0.2, -0.15) is 0 Å². The van der Waals surface area contributed by atoms with E-state index in [0.29, 0.717) is 50.4 Å². The molecule has 1 radical (unpaired) electrons. The Labute approximate surface area is 420 Å². The molecule has 0 N–H and O–H groups in total. The Hall–Kier alpha value is -6.19. The molecule has 0 saturated carbocycles. The zero-order valence-corrected chi connectivity index (χ0v) is 40.4. The zero-order chi connectivity index (χ0) is 54.8. The fourth-order valence-electron chi connectivity index (χ4n) is 8.66. The number of nitrogens with zero attached hydrogens (tertiary/aromatic N) is 2. The van der Waals surface area contributed by atoms with E-state index in [1.807, 2.05) is 81.4 Å². The Bertz CT molecular complexity index is 3780. The van der Waals surface area contributed by atoms with Gasteiger partial charge in [0.05, 0.1) is 5.58 Å². The number of aromatic nitrogens is 2. The third-order valence-electron chi connectivity index (χ3n) is 12.6. The summed E-state index contributed by atoms with van der Waals surface area (Å²) >= 11 is 0. The molecule has 333 valence electrons. The fraction of sp³-hybridized carbons (Fsp3) is 0.226. The van der Waals surface area contributed by atoms with Crippen LogP contribution < -0.4 is 0 Å². The SMILES string of the molecule is [2H]C([2H])([2H])c1c[c-]c(-c2ccc(C([2H])([2H])C(C)(C)C)cn2)cc1-c1ccccc1.[2H]C([2H])([2H])c1cnc(-c2[c-]ccc3c2oc2c3ccc3ccc4ccccc4c32)cc1-c1ccc(C(C)(CC)CC)cc1C([2H])([2H])[2H].[Ir]. The van der Waals surface area contributed by atoms with Crippen LogP contribution in [0.5, 0.6) is 0 Å². The summed E-state index contributed by atoms with van der Waals surface area (Å²) in [6.45, 7) is 4.63. The van der Waals surface area contributed by atoms with Crippen LogP contribution in [0.3, 0.4) is 0 Å². The molecular formula is C62H58IrN2O-2. The van der Waals surface area contributed by atoms with Crippen molar-refractivity contribution in [3.05, 3.63) is 192 Å². The number of aryl methyl sites for hydroxylation is 3. The van der Waals surface area contributed by atoms with Crippen molar-refractivity contribution in [1.82, 2.24) is 9.97 Å². The summed E-state index contributed by atoms with van der Waals surface area (Å²) in [5.74, 6) is 0. The molecule has 0 spiro atoms. The van der Waals surface area contributed by atoms with Crippen molar-refractivity contribution < 1.29 is 39.6 Å². The van der Waals surface area contributed by atoms with E-state index < -0.39 is 32.3 Å². The van der Waals surface area contributed by atoms with Crippen LogP contribution in [0.2, 0.25) is 0 Å². The molecule has 4 heteroatoms. The van der Waals surface area contributed by atoms with E-state index in [9.17, 15) is 0 Å². The molecule has 3 heterocycles. The molecule has 7 aromatic carbocycles. The molecule has 10 rings (SSSR count). The van der Waals surface area contributed by atoms with Gasteiger partial charge in [-0.15, -0.1) is 47.5 Å². The van der Waals surface area contributed by atoms with Gasteiger partial charge >= 0.3 is 0 Å². The molecule has 3 nitrogen and oxygen atoms in total. The molecule has 0 bridgehead atoms. The van der Waals surface area contributed by atoms with E-state index in [-0.39, 0.29) is 42.2 Å². The minimum atomic E-state index is -2.53. The van der Waals surface area contributed by atoms with Crippen molar-refractivity contribution in [2.45, 2.75) is 86.7 Å². The van der Waals surface area contributed by atoms with E-state index in [1.165, 1.54) is 12.3 Å². The molecule has 0 unspecified atom stereocenters. The van der Waals surface area contributed by atoms with Gasteiger partial charge in [0.25, 0.3) is 0 Å². The first-order chi connectivity index (χ1) is 35.7. The predicted octanol–water partition coefficient (Wildman–Crippen LogP) is 17.2. The molecular weight excluding hydrogens is 981 g/mol. The van der Waals surface area contributed by atoms with Gasteiger partial charge < -0.3 is 14.4 Å². The number of benzene rings is 7. The molecule has 0 atom stereocenters. The van der Waals surface area contributed by atoms with Crippen molar-refractivity contribution >= 4 is 43.5 Å². The smallest absolute Gasteiger partial charge is 0.129 e. The van der Waals surface area contributed by atoms with Crippen LogP contribution in [0.4, 0.5) is 0 Å². The standard InChI is InChI=1S/C39H34NO.C23H24N.Ir/c1-6-39(5,7-2)28-18-20-29(24(3)21-28)34-22-35(40-23-25(34)4)33-14-10-13-31-32-19-17-27-16-15-26-11-8-9-12-30(26)36(27)38(32)41-37(31)33;1-17-10-12-20(14-21(17)19-8-6-5-7-9-19)22-13-11-18(16-24-22)15-23(2,3)4;/h8-13,15-23H,6-7H2,1-5H3;5-11,13-14,16H,15H2,1-4H3;/q2*-1;/i3D3,4D3;1D3,15D2;. The number of fused-ring (bicyclic) bond motifs is 7. The molecule has 0 amide bonds. The molecule has 10 aromatic rings. The van der Waals surface area contributed by atoms with Crippen molar-refractivity contribution in [3.63, 3.8) is 0 Å². The Morgan fingerprint density at radius 3 is 2.08 bits per heavy atom. The Balaban J connectivity index is 0.000000225. The summed E-state index contributed by atoms with van der Waals surface area (Å²) in [6.07, 6.45) is 3.05. The second-order valence-corrected chi connectivity index (χ2v) is 18.0. The predicted molar refractivity (Wildman–Crippen MR) is 275 cm³/mol. The Kier molecular flexibility index (Phi) is 9.82. The minimum absolute atomic E-state index is 0. The normalized spacial score (nSPS) is 15.0. The summed E-state index contributed by atoms with van der Waals surface area (Å²) in [5.41, 5.74) is 6.73. The van der Waals surface area contributed by atoms with E-state index in [2.05, 4.69) is 79.3 Å². The maximum absolute atomic E-state index is 8.47. The average Bonchev–Trinajstić information content (AvgIpc) is 3.87. The molecule has 0 saturated heterocycles. The van der Waals surface area contributed by atoms with Crippen LogP contribution >= 0.6 is 0 Å². The van der Waals surface area contributed by atoms with Gasteiger partial charge in [0.2, 0.25) is 0 Å². The number of rotatable bonds is 8. The van der Waals surface area contributed by atoms with Gasteiger partial charge in [-0.1, -0.05) is 180 Å². The maximum atomic E-state index is 8.47. The molecule has 3 aromatic heterocycles. The van der Waals surface area contributed by atoms with Crippen LogP contribution in [0, 0.1) is 38.1 Å². The molecule has 0 aliphatic heterocycles. The Morgan fingerprint density at radius 2 is 1.33 bits per heavy atom. The van der Waals surface area contributed by atoms with Crippen LogP contribution in [0.15, 0.2) is 156 Å². The third kappa shape index (κ3) is 9.15. The summed E-state index contributed by atoms with van der Waals surface area (Å²) in [6, 6.07) is 50.0. The molecule has 0 fully saturated rings. The monoisotopic (exact) mass is 1050 g/mol. The first-order valence-corrected chi connectivity index (χ1v) is 22.2. The number of hydrogen-bond donors (Lipinski definition) is 0. The van der Waals surface area contributed by atoms with Crippen LogP contribution in [-0.4, -0.2) is 9.97 Å². The van der Waals surface area contributed by atoms with Gasteiger partial charge in [0, 0.05) is 58.3 Å². The van der Waals surface area contributed by atoms with E-state index in [0.717, 1.165) is 61.9 Å². The molecule has 0 aliphatic rings. The number of pyridine rings is 2. The van der Waals surface area contributed by atoms with Crippen molar-refractivity contribution in [1.29, 1.82) is 0 Å². The first-order valence-electron chi connectivity index (χ1n) is 27.7. The van der Waals surface area contributed by atoms with Crippen LogP contribution in [0.25, 0.3) is 88.3 Å². The van der Waals surface area contributed by atoms with E-state index in [4.69, 9.17) is 19.5 Å². The second kappa shape index (κ2) is 19.0. The Morgan fingerprint density at radius 1 is 0.606 bits per heavy atom. The molecule has 0 aliphatic carbocycles. The van der Waals surface area contributed by atoms with Gasteiger partial charge in [0.15, 0.2) is 0 Å². The third-order valence-corrected chi connectivity index (χ3v) is 12.6. The number of furan rings is 1. The van der Waals surface area contributed by atoms with Crippen molar-refractivity contribution in [2.24, 2.45) is 5.41 Å². The average molecular weight is 1050 g/mol. The topological polar surface area (TPSA) is 38.9 Å². The number of hydrogen-bond acceptors (Lipinski definition) is 3. The first kappa shape index (κ1) is 34.2. The summed E-state index contributed by atoms with van der Waals surface area (Å²) < 4.78 is 97.5. The fourth-order valence-corrected chi connectivity index (χ4v) is 8.66. The zero-order valence-electron chi connectivity index (χ0n) is 49.0. The summed E-state index contributed by atoms with van der Waals surface area (Å²) in [7, 11) is 0. The molecule has 66 heavy (non-hydrogen) atoms. The van der Waals surface area contributed by atoms with Gasteiger partial charge in [-0.3, -0.25) is 0 Å². The van der Waals surface area contributed by atoms with Crippen molar-refractivity contribution in [2.75, 3.05) is 0 Å². The van der Waals surface area contributed by atoms with Gasteiger partial charge in [0.1, 0.15) is 5.58 Å². The largest absolute Gasteiger partial charge is 0.500 e. The van der Waals surface area contributed by atoms with Gasteiger partial charge in [-0.25, -0.2) is 0 Å². The van der Waals surface area contributed by atoms with Crippen molar-refractivity contribution in [3.8, 4) is 44.8 Å². The summed E-state index contributed by atoms with van der Waals surface area (Å²) in [4.78, 5) is 9.06. The second-order valence-electron chi connectivity index (χ2n) is 18.0. The maximum Gasteiger partial charge on any atom is 0.129 e. The summed E-state index contributed by atoms with van der Waals surface area (Å²) in [5, 5.41) is 6.12. The van der Waals surface area contributed by atoms with Gasteiger partial charge in [-0.05, 0) is 110 Å². The quantitative estimate of drug-likeness (QED) is 0.112. The van der Waals surface area contributed by atoms with E-state index >= 15 is 0 Å². The minimum Gasteiger partial charge on any atom is -0.500 e.